The fraction of sp³-hybridized carbons (Fsp3) is 0.529. The van der Waals surface area contributed by atoms with Crippen LogP contribution in [-0.2, 0) is 11.3 Å². The standard InChI is InChI=1S/C17H25N3O2/c1-11(2)9-20-13(4)6-15(14(20)5)7-16(8-18)17(22)19-12(3)10-21/h6-7,11-12,21H,9-10H2,1-5H3,(H,19,22)/b16-7-. The highest BCUT2D eigenvalue weighted by atomic mass is 16.3. The second-order valence-corrected chi connectivity index (χ2v) is 6.06. The van der Waals surface area contributed by atoms with Crippen molar-refractivity contribution >= 4 is 12.0 Å². The normalized spacial score (nSPS) is 13.1. The Labute approximate surface area is 132 Å². The van der Waals surface area contributed by atoms with Gasteiger partial charge in [0.2, 0.25) is 0 Å². The molecule has 1 aromatic rings. The van der Waals surface area contributed by atoms with Crippen LogP contribution in [0.15, 0.2) is 11.6 Å². The number of amides is 1. The molecule has 120 valence electrons. The van der Waals surface area contributed by atoms with Gasteiger partial charge in [0.15, 0.2) is 0 Å². The van der Waals surface area contributed by atoms with Crippen molar-refractivity contribution in [2.24, 2.45) is 5.92 Å². The summed E-state index contributed by atoms with van der Waals surface area (Å²) in [6.45, 7) is 10.7. The van der Waals surface area contributed by atoms with Crippen molar-refractivity contribution in [2.45, 2.75) is 47.2 Å². The molecule has 5 heteroatoms. The Kier molecular flexibility index (Phi) is 6.39. The minimum absolute atomic E-state index is 0.0464. The third-order valence-corrected chi connectivity index (χ3v) is 3.48. The van der Waals surface area contributed by atoms with E-state index in [9.17, 15) is 10.1 Å². The number of aliphatic hydroxyl groups is 1. The summed E-state index contributed by atoms with van der Waals surface area (Å²) in [6, 6.07) is 3.54. The molecule has 2 N–H and O–H groups in total. The van der Waals surface area contributed by atoms with Gasteiger partial charge in [-0.25, -0.2) is 0 Å². The number of nitriles is 1. The van der Waals surface area contributed by atoms with Crippen molar-refractivity contribution < 1.29 is 9.90 Å². The maximum absolute atomic E-state index is 12.0. The maximum Gasteiger partial charge on any atom is 0.262 e. The lowest BCUT2D eigenvalue weighted by molar-refractivity contribution is -0.117. The van der Waals surface area contributed by atoms with Crippen LogP contribution in [0.5, 0.6) is 0 Å². The van der Waals surface area contributed by atoms with E-state index in [0.717, 1.165) is 23.5 Å². The van der Waals surface area contributed by atoms with E-state index in [1.54, 1.807) is 13.0 Å². The summed E-state index contributed by atoms with van der Waals surface area (Å²) in [5.41, 5.74) is 3.08. The molecule has 5 nitrogen and oxygen atoms in total. The first-order valence-corrected chi connectivity index (χ1v) is 7.50. The van der Waals surface area contributed by atoms with Crippen LogP contribution >= 0.6 is 0 Å². The summed E-state index contributed by atoms with van der Waals surface area (Å²) in [5.74, 6) is 0.0588. The molecule has 0 spiro atoms. The Bertz CT molecular complexity index is 606. The second-order valence-electron chi connectivity index (χ2n) is 6.06. The number of carbonyl (C=O) groups is 1. The van der Waals surface area contributed by atoms with Crippen molar-refractivity contribution in [2.75, 3.05) is 6.61 Å². The van der Waals surface area contributed by atoms with Crippen LogP contribution in [0, 0.1) is 31.1 Å². The Morgan fingerprint density at radius 3 is 2.59 bits per heavy atom. The highest BCUT2D eigenvalue weighted by Gasteiger charge is 2.14. The third-order valence-electron chi connectivity index (χ3n) is 3.48. The quantitative estimate of drug-likeness (QED) is 0.624. The summed E-state index contributed by atoms with van der Waals surface area (Å²) in [7, 11) is 0. The van der Waals surface area contributed by atoms with Crippen LogP contribution in [0.3, 0.4) is 0 Å². The van der Waals surface area contributed by atoms with Gasteiger partial charge in [-0.15, -0.1) is 0 Å². The lowest BCUT2D eigenvalue weighted by Crippen LogP contribution is -2.35. The second kappa shape index (κ2) is 7.81. The first kappa shape index (κ1) is 18.0. The summed E-state index contributed by atoms with van der Waals surface area (Å²) in [4.78, 5) is 12.0. The number of carbonyl (C=O) groups excluding carboxylic acids is 1. The summed E-state index contributed by atoms with van der Waals surface area (Å²) >= 11 is 0. The van der Waals surface area contributed by atoms with Gasteiger partial charge in [0.1, 0.15) is 11.6 Å². The van der Waals surface area contributed by atoms with E-state index in [4.69, 9.17) is 5.11 Å². The van der Waals surface area contributed by atoms with Gasteiger partial charge in [0.25, 0.3) is 5.91 Å². The first-order valence-electron chi connectivity index (χ1n) is 7.50. The van der Waals surface area contributed by atoms with E-state index < -0.39 is 5.91 Å². The van der Waals surface area contributed by atoms with Crippen molar-refractivity contribution in [3.05, 3.63) is 28.6 Å². The Hall–Kier alpha value is -2.06. The predicted octanol–water partition coefficient (Wildman–Crippen LogP) is 2.16. The van der Waals surface area contributed by atoms with Crippen LogP contribution in [0.2, 0.25) is 0 Å². The van der Waals surface area contributed by atoms with Crippen LogP contribution < -0.4 is 5.32 Å². The molecule has 0 aliphatic carbocycles. The van der Waals surface area contributed by atoms with E-state index in [-0.39, 0.29) is 18.2 Å². The smallest absolute Gasteiger partial charge is 0.262 e. The largest absolute Gasteiger partial charge is 0.394 e. The van der Waals surface area contributed by atoms with Gasteiger partial charge in [-0.3, -0.25) is 4.79 Å². The van der Waals surface area contributed by atoms with Gasteiger partial charge in [0, 0.05) is 24.0 Å². The molecule has 0 aromatic carbocycles. The third kappa shape index (κ3) is 4.47. The molecule has 1 atom stereocenters. The molecular formula is C17H25N3O2. The molecule has 1 heterocycles. The average molecular weight is 303 g/mol. The Morgan fingerprint density at radius 2 is 2.09 bits per heavy atom. The predicted molar refractivity (Wildman–Crippen MR) is 87.0 cm³/mol. The minimum atomic E-state index is -0.460. The van der Waals surface area contributed by atoms with E-state index in [1.165, 1.54) is 0 Å². The number of rotatable bonds is 6. The van der Waals surface area contributed by atoms with Gasteiger partial charge in [-0.1, -0.05) is 13.8 Å². The molecule has 1 rings (SSSR count). The van der Waals surface area contributed by atoms with Crippen molar-refractivity contribution in [3.63, 3.8) is 0 Å². The lowest BCUT2D eigenvalue weighted by atomic mass is 10.1. The van der Waals surface area contributed by atoms with Gasteiger partial charge >= 0.3 is 0 Å². The lowest BCUT2D eigenvalue weighted by Gasteiger charge is -2.12. The van der Waals surface area contributed by atoms with Crippen molar-refractivity contribution in [1.82, 2.24) is 9.88 Å². The molecule has 0 saturated heterocycles. The van der Waals surface area contributed by atoms with E-state index in [2.05, 4.69) is 23.7 Å². The Morgan fingerprint density at radius 1 is 1.45 bits per heavy atom. The molecule has 0 aliphatic rings. The molecule has 0 aliphatic heterocycles. The van der Waals surface area contributed by atoms with E-state index >= 15 is 0 Å². The molecule has 0 saturated carbocycles. The van der Waals surface area contributed by atoms with E-state index in [0.29, 0.717) is 5.92 Å². The van der Waals surface area contributed by atoms with Crippen LogP contribution in [0.4, 0.5) is 0 Å². The zero-order chi connectivity index (χ0) is 16.9. The van der Waals surface area contributed by atoms with Crippen LogP contribution in [0.25, 0.3) is 6.08 Å². The maximum atomic E-state index is 12.0. The molecule has 0 radical (unpaired) electrons. The number of hydrogen-bond acceptors (Lipinski definition) is 3. The molecular weight excluding hydrogens is 278 g/mol. The SMILES string of the molecule is Cc1cc(/C=C(/C#N)C(=O)NC(C)CO)c(C)n1CC(C)C. The monoisotopic (exact) mass is 303 g/mol. The van der Waals surface area contributed by atoms with Gasteiger partial charge in [0.05, 0.1) is 6.61 Å². The number of aliphatic hydroxyl groups excluding tert-OH is 1. The van der Waals surface area contributed by atoms with Crippen molar-refractivity contribution in [1.29, 1.82) is 5.26 Å². The fourth-order valence-corrected chi connectivity index (χ4v) is 2.27. The number of aryl methyl sites for hydroxylation is 1. The molecule has 1 aromatic heterocycles. The Balaban J connectivity index is 3.09. The molecule has 0 fully saturated rings. The molecule has 1 amide bonds. The number of hydrogen-bond donors (Lipinski definition) is 2. The molecule has 0 bridgehead atoms. The fourth-order valence-electron chi connectivity index (χ4n) is 2.27. The summed E-state index contributed by atoms with van der Waals surface area (Å²) in [6.07, 6.45) is 1.61. The zero-order valence-electron chi connectivity index (χ0n) is 14.0. The number of nitrogens with one attached hydrogen (secondary N) is 1. The first-order chi connectivity index (χ1) is 10.3. The van der Waals surface area contributed by atoms with E-state index in [1.807, 2.05) is 26.0 Å². The number of nitrogens with zero attached hydrogens (tertiary/aromatic N) is 2. The number of aromatic nitrogens is 1. The van der Waals surface area contributed by atoms with Gasteiger partial charge < -0.3 is 15.0 Å². The topological polar surface area (TPSA) is 78.1 Å². The van der Waals surface area contributed by atoms with Gasteiger partial charge in [-0.2, -0.15) is 5.26 Å². The highest BCUT2D eigenvalue weighted by molar-refractivity contribution is 6.01. The molecule has 22 heavy (non-hydrogen) atoms. The van der Waals surface area contributed by atoms with Crippen molar-refractivity contribution in [3.8, 4) is 6.07 Å². The summed E-state index contributed by atoms with van der Waals surface area (Å²) < 4.78 is 2.19. The van der Waals surface area contributed by atoms with Gasteiger partial charge in [-0.05, 0) is 44.4 Å². The molecule has 1 unspecified atom stereocenters. The zero-order valence-corrected chi connectivity index (χ0v) is 14.0. The summed E-state index contributed by atoms with van der Waals surface area (Å²) in [5, 5.41) is 20.8. The minimum Gasteiger partial charge on any atom is -0.394 e. The average Bonchev–Trinajstić information content (AvgIpc) is 2.71. The highest BCUT2D eigenvalue weighted by Crippen LogP contribution is 2.19. The van der Waals surface area contributed by atoms with Crippen LogP contribution in [-0.4, -0.2) is 28.2 Å². The van der Waals surface area contributed by atoms with Crippen LogP contribution in [0.1, 0.15) is 37.7 Å².